The molecule has 1 atom stereocenters. The summed E-state index contributed by atoms with van der Waals surface area (Å²) in [5.41, 5.74) is 0.699. The third-order valence-corrected chi connectivity index (χ3v) is 3.67. The van der Waals surface area contributed by atoms with Gasteiger partial charge in [0.25, 0.3) is 0 Å². The van der Waals surface area contributed by atoms with Crippen molar-refractivity contribution in [1.82, 2.24) is 10.2 Å². The van der Waals surface area contributed by atoms with Crippen LogP contribution in [0.2, 0.25) is 0 Å². The molecule has 0 saturated carbocycles. The van der Waals surface area contributed by atoms with Crippen LogP contribution in [0.1, 0.15) is 25.3 Å². The quantitative estimate of drug-likeness (QED) is 0.846. The lowest BCUT2D eigenvalue weighted by atomic mass is 10.1. The lowest BCUT2D eigenvalue weighted by Gasteiger charge is -2.24. The summed E-state index contributed by atoms with van der Waals surface area (Å²) >= 11 is 0. The summed E-state index contributed by atoms with van der Waals surface area (Å²) < 4.78 is 0. The average molecular weight is 262 g/mol. The van der Waals surface area contributed by atoms with Crippen LogP contribution in [0.25, 0.3) is 0 Å². The molecule has 19 heavy (non-hydrogen) atoms. The van der Waals surface area contributed by atoms with Gasteiger partial charge in [0.05, 0.1) is 6.42 Å². The molecule has 0 aliphatic carbocycles. The molecule has 1 aromatic rings. The van der Waals surface area contributed by atoms with Crippen molar-refractivity contribution < 1.29 is 9.90 Å². The molecule has 0 spiro atoms. The Kier molecular flexibility index (Phi) is 4.80. The Morgan fingerprint density at radius 3 is 2.89 bits per heavy atom. The van der Waals surface area contributed by atoms with Gasteiger partial charge in [-0.3, -0.25) is 4.79 Å². The maximum Gasteiger partial charge on any atom is 0.227 e. The molecule has 1 heterocycles. The first-order valence-corrected chi connectivity index (χ1v) is 6.98. The Morgan fingerprint density at radius 2 is 2.26 bits per heavy atom. The van der Waals surface area contributed by atoms with Crippen molar-refractivity contribution in [3.63, 3.8) is 0 Å². The molecule has 4 nitrogen and oxygen atoms in total. The van der Waals surface area contributed by atoms with Crippen LogP contribution in [0.4, 0.5) is 0 Å². The number of hydrogen-bond acceptors (Lipinski definition) is 3. The molecule has 2 rings (SSSR count). The minimum absolute atomic E-state index is 0.0812. The molecule has 4 heteroatoms. The lowest BCUT2D eigenvalue weighted by Crippen LogP contribution is -2.41. The first kappa shape index (κ1) is 13.9. The largest absolute Gasteiger partial charge is 0.508 e. The van der Waals surface area contributed by atoms with E-state index in [0.29, 0.717) is 18.2 Å². The van der Waals surface area contributed by atoms with Crippen LogP contribution in [0.3, 0.4) is 0 Å². The van der Waals surface area contributed by atoms with E-state index in [-0.39, 0.29) is 18.1 Å². The number of hydrogen-bond donors (Lipinski definition) is 2. The first-order valence-electron chi connectivity index (χ1n) is 6.98. The summed E-state index contributed by atoms with van der Waals surface area (Å²) in [6.45, 7) is 4.53. The number of nitrogens with one attached hydrogen (secondary N) is 1. The van der Waals surface area contributed by atoms with Gasteiger partial charge in [-0.05, 0) is 32.4 Å². The van der Waals surface area contributed by atoms with Gasteiger partial charge in [-0.25, -0.2) is 0 Å². The van der Waals surface area contributed by atoms with Crippen molar-refractivity contribution in [3.05, 3.63) is 29.8 Å². The van der Waals surface area contributed by atoms with Crippen molar-refractivity contribution in [2.75, 3.05) is 19.6 Å². The van der Waals surface area contributed by atoms with Crippen molar-refractivity contribution in [3.8, 4) is 5.75 Å². The van der Waals surface area contributed by atoms with E-state index in [0.717, 1.165) is 19.5 Å². The molecule has 1 amide bonds. The van der Waals surface area contributed by atoms with Gasteiger partial charge < -0.3 is 15.3 Å². The topological polar surface area (TPSA) is 52.6 Å². The van der Waals surface area contributed by atoms with E-state index in [1.54, 1.807) is 18.2 Å². The zero-order chi connectivity index (χ0) is 13.7. The normalized spacial score (nSPS) is 18.5. The summed E-state index contributed by atoms with van der Waals surface area (Å²) in [4.78, 5) is 14.1. The van der Waals surface area contributed by atoms with Crippen molar-refractivity contribution in [1.29, 1.82) is 0 Å². The predicted molar refractivity (Wildman–Crippen MR) is 75.1 cm³/mol. The summed E-state index contributed by atoms with van der Waals surface area (Å²) in [7, 11) is 0. The van der Waals surface area contributed by atoms with E-state index >= 15 is 0 Å². The fourth-order valence-electron chi connectivity index (χ4n) is 2.52. The van der Waals surface area contributed by atoms with Gasteiger partial charge in [0.15, 0.2) is 0 Å². The van der Waals surface area contributed by atoms with Crippen LogP contribution in [0, 0.1) is 0 Å². The number of carbonyl (C=O) groups excluding carboxylic acids is 1. The molecule has 1 unspecified atom stereocenters. The van der Waals surface area contributed by atoms with E-state index < -0.39 is 0 Å². The maximum absolute atomic E-state index is 12.3. The van der Waals surface area contributed by atoms with Crippen molar-refractivity contribution >= 4 is 5.91 Å². The van der Waals surface area contributed by atoms with Crippen LogP contribution in [0.15, 0.2) is 24.3 Å². The predicted octanol–water partition coefficient (Wildman–Crippen LogP) is 1.54. The summed E-state index contributed by atoms with van der Waals surface area (Å²) in [5.74, 6) is 0.281. The number of likely N-dealkylation sites (N-methyl/N-ethyl adjacent to an activating group) is 1. The van der Waals surface area contributed by atoms with Crippen LogP contribution < -0.4 is 5.32 Å². The number of nitrogens with zero attached hydrogens (tertiary/aromatic N) is 1. The first-order chi connectivity index (χ1) is 9.20. The number of rotatable bonds is 5. The minimum Gasteiger partial charge on any atom is -0.508 e. The third-order valence-electron chi connectivity index (χ3n) is 3.67. The van der Waals surface area contributed by atoms with E-state index in [9.17, 15) is 9.90 Å². The molecule has 0 aromatic heterocycles. The van der Waals surface area contributed by atoms with E-state index in [4.69, 9.17) is 0 Å². The maximum atomic E-state index is 12.3. The highest BCUT2D eigenvalue weighted by Crippen LogP contribution is 2.17. The molecule has 104 valence electrons. The molecule has 0 bridgehead atoms. The molecule has 2 N–H and O–H groups in total. The zero-order valence-corrected chi connectivity index (χ0v) is 11.4. The van der Waals surface area contributed by atoms with E-state index in [2.05, 4.69) is 5.32 Å². The Bertz CT molecular complexity index is 428. The number of aromatic hydroxyl groups is 1. The number of amides is 1. The van der Waals surface area contributed by atoms with Gasteiger partial charge in [-0.2, -0.15) is 0 Å². The Morgan fingerprint density at radius 1 is 1.47 bits per heavy atom. The SMILES string of the molecule is CCN(CC1CCCN1)C(=O)Cc1ccccc1O. The zero-order valence-electron chi connectivity index (χ0n) is 11.4. The molecule has 1 aliphatic heterocycles. The third kappa shape index (κ3) is 3.70. The van der Waals surface area contributed by atoms with Gasteiger partial charge in [0.1, 0.15) is 5.75 Å². The lowest BCUT2D eigenvalue weighted by molar-refractivity contribution is -0.130. The Balaban J connectivity index is 1.94. The average Bonchev–Trinajstić information content (AvgIpc) is 2.91. The van der Waals surface area contributed by atoms with Gasteiger partial charge in [-0.15, -0.1) is 0 Å². The highest BCUT2D eigenvalue weighted by molar-refractivity contribution is 5.79. The molecule has 1 saturated heterocycles. The van der Waals surface area contributed by atoms with Crippen molar-refractivity contribution in [2.24, 2.45) is 0 Å². The number of carbonyl (C=O) groups is 1. The highest BCUT2D eigenvalue weighted by Gasteiger charge is 2.20. The van der Waals surface area contributed by atoms with Crippen LogP contribution in [-0.4, -0.2) is 41.6 Å². The van der Waals surface area contributed by atoms with Crippen LogP contribution in [-0.2, 0) is 11.2 Å². The smallest absolute Gasteiger partial charge is 0.227 e. The minimum atomic E-state index is 0.0812. The number of phenolic OH excluding ortho intramolecular Hbond substituents is 1. The van der Waals surface area contributed by atoms with Gasteiger partial charge in [0.2, 0.25) is 5.91 Å². The molecular formula is C15H22N2O2. The molecule has 1 aliphatic rings. The fraction of sp³-hybridized carbons (Fsp3) is 0.533. The number of benzene rings is 1. The second-order valence-corrected chi connectivity index (χ2v) is 5.03. The number of phenols is 1. The molecule has 1 fully saturated rings. The van der Waals surface area contributed by atoms with E-state index in [1.165, 1.54) is 6.42 Å². The summed E-state index contributed by atoms with van der Waals surface area (Å²) in [6, 6.07) is 7.46. The molecule has 1 aromatic carbocycles. The monoisotopic (exact) mass is 262 g/mol. The van der Waals surface area contributed by atoms with Gasteiger partial charge >= 0.3 is 0 Å². The van der Waals surface area contributed by atoms with Crippen LogP contribution >= 0.6 is 0 Å². The molecule has 0 radical (unpaired) electrons. The standard InChI is InChI=1S/C15H22N2O2/c1-2-17(11-13-7-5-9-16-13)15(19)10-12-6-3-4-8-14(12)18/h3-4,6,8,13,16,18H,2,5,7,9-11H2,1H3. The summed E-state index contributed by atoms with van der Waals surface area (Å²) in [6.07, 6.45) is 2.60. The highest BCUT2D eigenvalue weighted by atomic mass is 16.3. The second kappa shape index (κ2) is 6.57. The van der Waals surface area contributed by atoms with Crippen LogP contribution in [0.5, 0.6) is 5.75 Å². The number of para-hydroxylation sites is 1. The second-order valence-electron chi connectivity index (χ2n) is 5.03. The van der Waals surface area contributed by atoms with E-state index in [1.807, 2.05) is 17.9 Å². The fourth-order valence-corrected chi connectivity index (χ4v) is 2.52. The molecular weight excluding hydrogens is 240 g/mol. The van der Waals surface area contributed by atoms with Gasteiger partial charge in [-0.1, -0.05) is 18.2 Å². The van der Waals surface area contributed by atoms with Crippen molar-refractivity contribution in [2.45, 2.75) is 32.2 Å². The van der Waals surface area contributed by atoms with Gasteiger partial charge in [0, 0.05) is 24.7 Å². The Labute approximate surface area is 114 Å². The summed E-state index contributed by atoms with van der Waals surface area (Å²) in [5, 5.41) is 13.1. The Hall–Kier alpha value is -1.55.